The first-order valence-corrected chi connectivity index (χ1v) is 8.33. The molecule has 0 bridgehead atoms. The van der Waals surface area contributed by atoms with Gasteiger partial charge in [-0.15, -0.1) is 0 Å². The summed E-state index contributed by atoms with van der Waals surface area (Å²) in [7, 11) is 0. The third kappa shape index (κ3) is 2.29. The minimum absolute atomic E-state index is 0.114. The molecule has 1 heterocycles. The second kappa shape index (κ2) is 5.87. The molecular formula is C18H28N2. The quantitative estimate of drug-likeness (QED) is 0.915. The highest BCUT2D eigenvalue weighted by Gasteiger charge is 2.41. The first-order valence-electron chi connectivity index (χ1n) is 8.33. The van der Waals surface area contributed by atoms with Crippen LogP contribution in [0.25, 0.3) is 0 Å². The van der Waals surface area contributed by atoms with Gasteiger partial charge in [0.15, 0.2) is 0 Å². The van der Waals surface area contributed by atoms with Crippen molar-refractivity contribution >= 4 is 0 Å². The van der Waals surface area contributed by atoms with Crippen LogP contribution in [-0.2, 0) is 12.0 Å². The topological polar surface area (TPSA) is 29.3 Å². The third-order valence-electron chi connectivity index (χ3n) is 5.59. The smallest absolute Gasteiger partial charge is 0.0586 e. The highest BCUT2D eigenvalue weighted by molar-refractivity contribution is 5.37. The van der Waals surface area contributed by atoms with Gasteiger partial charge in [0.25, 0.3) is 0 Å². The van der Waals surface area contributed by atoms with Crippen LogP contribution in [-0.4, -0.2) is 24.5 Å². The van der Waals surface area contributed by atoms with Gasteiger partial charge >= 0.3 is 0 Å². The van der Waals surface area contributed by atoms with Gasteiger partial charge in [-0.25, -0.2) is 0 Å². The predicted molar refractivity (Wildman–Crippen MR) is 84.7 cm³/mol. The highest BCUT2D eigenvalue weighted by atomic mass is 15.2. The van der Waals surface area contributed by atoms with E-state index < -0.39 is 0 Å². The fourth-order valence-electron chi connectivity index (χ4n) is 4.35. The summed E-state index contributed by atoms with van der Waals surface area (Å²) < 4.78 is 0. The van der Waals surface area contributed by atoms with Gasteiger partial charge in [-0.2, -0.15) is 0 Å². The first-order chi connectivity index (χ1) is 9.80. The van der Waals surface area contributed by atoms with Crippen LogP contribution in [0, 0.1) is 5.92 Å². The van der Waals surface area contributed by atoms with E-state index in [2.05, 4.69) is 36.1 Å². The second-order valence-corrected chi connectivity index (χ2v) is 6.61. The Hall–Kier alpha value is -0.860. The number of rotatable bonds is 3. The normalized spacial score (nSPS) is 31.0. The predicted octanol–water partition coefficient (Wildman–Crippen LogP) is 3.30. The lowest BCUT2D eigenvalue weighted by atomic mass is 9.74. The molecule has 20 heavy (non-hydrogen) atoms. The molecule has 2 atom stereocenters. The molecule has 2 N–H and O–H groups in total. The zero-order chi connectivity index (χ0) is 14.0. The Morgan fingerprint density at radius 3 is 2.95 bits per heavy atom. The average molecular weight is 272 g/mol. The van der Waals surface area contributed by atoms with Crippen LogP contribution in [0.2, 0.25) is 0 Å². The first kappa shape index (κ1) is 14.1. The number of aryl methyl sites for hydroxylation is 1. The van der Waals surface area contributed by atoms with Crippen LogP contribution in [0.4, 0.5) is 0 Å². The maximum atomic E-state index is 6.33. The molecule has 0 spiro atoms. The van der Waals surface area contributed by atoms with Crippen LogP contribution in [0.1, 0.15) is 50.2 Å². The van der Waals surface area contributed by atoms with Gasteiger partial charge in [0.2, 0.25) is 0 Å². The number of nitrogens with two attached hydrogens (primary N) is 1. The van der Waals surface area contributed by atoms with Gasteiger partial charge in [0, 0.05) is 13.1 Å². The summed E-state index contributed by atoms with van der Waals surface area (Å²) in [5.41, 5.74) is 9.49. The summed E-state index contributed by atoms with van der Waals surface area (Å²) in [6.07, 6.45) is 7.78. The van der Waals surface area contributed by atoms with Crippen molar-refractivity contribution in [2.24, 2.45) is 11.7 Å². The van der Waals surface area contributed by atoms with E-state index in [0.29, 0.717) is 0 Å². The molecule has 110 valence electrons. The van der Waals surface area contributed by atoms with Gasteiger partial charge in [-0.3, -0.25) is 4.90 Å². The Labute approximate surface area is 123 Å². The van der Waals surface area contributed by atoms with Crippen molar-refractivity contribution in [3.05, 3.63) is 35.4 Å². The van der Waals surface area contributed by atoms with Gasteiger partial charge in [-0.05, 0) is 55.7 Å². The summed E-state index contributed by atoms with van der Waals surface area (Å²) in [4.78, 5) is 2.72. The highest BCUT2D eigenvalue weighted by Crippen LogP contribution is 2.41. The van der Waals surface area contributed by atoms with Crippen molar-refractivity contribution in [1.82, 2.24) is 4.90 Å². The maximum absolute atomic E-state index is 6.33. The Morgan fingerprint density at radius 2 is 2.15 bits per heavy atom. The molecule has 1 aliphatic carbocycles. The average Bonchev–Trinajstić information content (AvgIpc) is 2.54. The standard InChI is InChI=1S/C18H28N2/c1-2-15-7-6-12-20(13-15)18(14-19)11-5-9-16-8-3-4-10-17(16)18/h3-4,8,10,15H,2,5-7,9,11-14,19H2,1H3. The lowest BCUT2D eigenvalue weighted by Crippen LogP contribution is -2.56. The molecule has 2 unspecified atom stereocenters. The van der Waals surface area contributed by atoms with Gasteiger partial charge in [-0.1, -0.05) is 37.6 Å². The molecule has 0 aromatic heterocycles. The van der Waals surface area contributed by atoms with Gasteiger partial charge in [0.1, 0.15) is 0 Å². The fourth-order valence-corrected chi connectivity index (χ4v) is 4.35. The largest absolute Gasteiger partial charge is 0.328 e. The molecule has 1 fully saturated rings. The van der Waals surface area contributed by atoms with Crippen LogP contribution >= 0.6 is 0 Å². The van der Waals surface area contributed by atoms with Crippen LogP contribution in [0.15, 0.2) is 24.3 Å². The minimum Gasteiger partial charge on any atom is -0.328 e. The molecule has 2 nitrogen and oxygen atoms in total. The minimum atomic E-state index is 0.114. The van der Waals surface area contributed by atoms with E-state index in [1.165, 1.54) is 62.7 Å². The van der Waals surface area contributed by atoms with Crippen molar-refractivity contribution in [2.45, 2.75) is 51.0 Å². The molecule has 0 amide bonds. The van der Waals surface area contributed by atoms with E-state index in [1.54, 1.807) is 0 Å². The van der Waals surface area contributed by atoms with Gasteiger partial charge < -0.3 is 5.73 Å². The zero-order valence-electron chi connectivity index (χ0n) is 12.8. The van der Waals surface area contributed by atoms with Crippen molar-refractivity contribution in [3.63, 3.8) is 0 Å². The van der Waals surface area contributed by atoms with Crippen LogP contribution in [0.5, 0.6) is 0 Å². The number of hydrogen-bond donors (Lipinski definition) is 1. The van der Waals surface area contributed by atoms with E-state index in [9.17, 15) is 0 Å². The molecule has 2 heteroatoms. The molecule has 0 saturated carbocycles. The number of likely N-dealkylation sites (tertiary alicyclic amines) is 1. The zero-order valence-corrected chi connectivity index (χ0v) is 12.8. The molecule has 1 aromatic carbocycles. The number of fused-ring (bicyclic) bond motifs is 1. The van der Waals surface area contributed by atoms with E-state index in [0.717, 1.165) is 12.5 Å². The summed E-state index contributed by atoms with van der Waals surface area (Å²) >= 11 is 0. The molecule has 0 radical (unpaired) electrons. The van der Waals surface area contributed by atoms with Crippen molar-refractivity contribution < 1.29 is 0 Å². The number of benzene rings is 1. The van der Waals surface area contributed by atoms with E-state index in [1.807, 2.05) is 0 Å². The van der Waals surface area contributed by atoms with Crippen molar-refractivity contribution in [2.75, 3.05) is 19.6 Å². The lowest BCUT2D eigenvalue weighted by molar-refractivity contribution is 0.0308. The SMILES string of the molecule is CCC1CCCN(C2(CN)CCCc3ccccc32)C1. The van der Waals surface area contributed by atoms with Crippen molar-refractivity contribution in [3.8, 4) is 0 Å². The van der Waals surface area contributed by atoms with E-state index >= 15 is 0 Å². The Morgan fingerprint density at radius 1 is 1.30 bits per heavy atom. The maximum Gasteiger partial charge on any atom is 0.0586 e. The van der Waals surface area contributed by atoms with Crippen LogP contribution in [0.3, 0.4) is 0 Å². The van der Waals surface area contributed by atoms with Crippen LogP contribution < -0.4 is 5.73 Å². The fraction of sp³-hybridized carbons (Fsp3) is 0.667. The summed E-state index contributed by atoms with van der Waals surface area (Å²) in [6, 6.07) is 9.00. The monoisotopic (exact) mass is 272 g/mol. The number of piperidine rings is 1. The molecular weight excluding hydrogens is 244 g/mol. The van der Waals surface area contributed by atoms with Gasteiger partial charge in [0.05, 0.1) is 5.54 Å². The van der Waals surface area contributed by atoms with Crippen molar-refractivity contribution in [1.29, 1.82) is 0 Å². The molecule has 3 rings (SSSR count). The van der Waals surface area contributed by atoms with E-state index in [4.69, 9.17) is 5.73 Å². The number of hydrogen-bond acceptors (Lipinski definition) is 2. The molecule has 2 aliphatic rings. The Kier molecular flexibility index (Phi) is 4.13. The molecule has 1 saturated heterocycles. The summed E-state index contributed by atoms with van der Waals surface area (Å²) in [5, 5.41) is 0. The summed E-state index contributed by atoms with van der Waals surface area (Å²) in [6.45, 7) is 5.56. The lowest BCUT2D eigenvalue weighted by Gasteiger charge is -2.50. The Balaban J connectivity index is 1.95. The second-order valence-electron chi connectivity index (χ2n) is 6.61. The third-order valence-corrected chi connectivity index (χ3v) is 5.59. The van der Waals surface area contributed by atoms with E-state index in [-0.39, 0.29) is 5.54 Å². The molecule has 1 aliphatic heterocycles. The summed E-state index contributed by atoms with van der Waals surface area (Å²) in [5.74, 6) is 0.862. The Bertz CT molecular complexity index is 456. The number of nitrogens with zero attached hydrogens (tertiary/aromatic N) is 1. The molecule has 1 aromatic rings.